The Labute approximate surface area is 135 Å². The molecule has 1 aliphatic rings. The van der Waals surface area contributed by atoms with Crippen molar-refractivity contribution < 1.29 is 4.79 Å². The van der Waals surface area contributed by atoms with Crippen LogP contribution >= 0.6 is 11.3 Å². The highest BCUT2D eigenvalue weighted by Crippen LogP contribution is 2.14. The smallest absolute Gasteiger partial charge is 0.224 e. The van der Waals surface area contributed by atoms with E-state index in [1.807, 2.05) is 21.8 Å². The van der Waals surface area contributed by atoms with Gasteiger partial charge in [0.2, 0.25) is 5.91 Å². The highest BCUT2D eigenvalue weighted by atomic mass is 32.1. The third-order valence-corrected chi connectivity index (χ3v) is 4.88. The van der Waals surface area contributed by atoms with Gasteiger partial charge in [0.15, 0.2) is 0 Å². The molecule has 3 heterocycles. The number of amides is 1. The lowest BCUT2D eigenvalue weighted by Gasteiger charge is -2.21. The van der Waals surface area contributed by atoms with E-state index in [0.717, 1.165) is 39.1 Å². The van der Waals surface area contributed by atoms with Gasteiger partial charge in [-0.15, -0.1) is 11.3 Å². The molecule has 0 saturated carbocycles. The molecule has 0 radical (unpaired) electrons. The predicted octanol–water partition coefficient (Wildman–Crippen LogP) is 2.07. The van der Waals surface area contributed by atoms with Gasteiger partial charge in [0, 0.05) is 63.0 Å². The summed E-state index contributed by atoms with van der Waals surface area (Å²) in [6.45, 7) is 5.42. The van der Waals surface area contributed by atoms with Crippen LogP contribution in [0.4, 0.5) is 0 Å². The van der Waals surface area contributed by atoms with Crippen LogP contribution in [0.25, 0.3) is 0 Å². The summed E-state index contributed by atoms with van der Waals surface area (Å²) in [6, 6.07) is 6.17. The predicted molar refractivity (Wildman–Crippen MR) is 87.6 cm³/mol. The van der Waals surface area contributed by atoms with E-state index < -0.39 is 0 Å². The Morgan fingerprint density at radius 3 is 2.95 bits per heavy atom. The zero-order valence-electron chi connectivity index (χ0n) is 12.7. The fraction of sp³-hybridized carbons (Fsp3) is 0.500. The summed E-state index contributed by atoms with van der Waals surface area (Å²) in [7, 11) is 0. The van der Waals surface area contributed by atoms with E-state index in [4.69, 9.17) is 0 Å². The van der Waals surface area contributed by atoms with Gasteiger partial charge in [0.25, 0.3) is 0 Å². The molecule has 0 aliphatic carbocycles. The molecule has 1 fully saturated rings. The molecule has 0 aromatic carbocycles. The molecule has 1 saturated heterocycles. The van der Waals surface area contributed by atoms with Crippen LogP contribution in [0.15, 0.2) is 36.0 Å². The second-order valence-corrected chi connectivity index (χ2v) is 6.64. The number of aryl methyl sites for hydroxylation is 1. The van der Waals surface area contributed by atoms with Crippen molar-refractivity contribution in [3.05, 3.63) is 40.8 Å². The molecule has 6 heteroatoms. The van der Waals surface area contributed by atoms with E-state index in [1.54, 1.807) is 17.5 Å². The van der Waals surface area contributed by atoms with Gasteiger partial charge >= 0.3 is 0 Å². The molecule has 2 aromatic heterocycles. The first-order chi connectivity index (χ1) is 10.8. The minimum atomic E-state index is 0.244. The lowest BCUT2D eigenvalue weighted by molar-refractivity contribution is -0.131. The van der Waals surface area contributed by atoms with Crippen molar-refractivity contribution in [2.24, 2.45) is 0 Å². The molecule has 0 spiro atoms. The first kappa shape index (κ1) is 15.2. The van der Waals surface area contributed by atoms with Crippen molar-refractivity contribution in [2.45, 2.75) is 25.9 Å². The standard InChI is InChI=1S/C16H22N4OS/c21-16(5-10-20-9-2-6-17-20)19-8-3-7-18(11-12-19)14-15-4-1-13-22-15/h1-2,4,6,9,13H,3,5,7-8,10-12,14H2. The average molecular weight is 318 g/mol. The minimum Gasteiger partial charge on any atom is -0.341 e. The molecule has 2 aromatic rings. The van der Waals surface area contributed by atoms with Crippen molar-refractivity contribution in [1.82, 2.24) is 19.6 Å². The second-order valence-electron chi connectivity index (χ2n) is 5.61. The Bertz CT molecular complexity index is 567. The fourth-order valence-corrected chi connectivity index (χ4v) is 3.55. The number of carbonyl (C=O) groups is 1. The molecule has 22 heavy (non-hydrogen) atoms. The Kier molecular flexibility index (Phi) is 5.24. The molecule has 3 rings (SSSR count). The van der Waals surface area contributed by atoms with E-state index in [-0.39, 0.29) is 5.91 Å². The quantitative estimate of drug-likeness (QED) is 0.847. The Hall–Kier alpha value is -1.66. The van der Waals surface area contributed by atoms with Crippen LogP contribution in [0.5, 0.6) is 0 Å². The van der Waals surface area contributed by atoms with Crippen LogP contribution in [0, 0.1) is 0 Å². The number of rotatable bonds is 5. The number of thiophene rings is 1. The largest absolute Gasteiger partial charge is 0.341 e. The molecular weight excluding hydrogens is 296 g/mol. The zero-order valence-corrected chi connectivity index (χ0v) is 13.5. The fourth-order valence-electron chi connectivity index (χ4n) is 2.80. The number of aromatic nitrogens is 2. The first-order valence-corrected chi connectivity index (χ1v) is 8.69. The number of hydrogen-bond donors (Lipinski definition) is 0. The summed E-state index contributed by atoms with van der Waals surface area (Å²) in [4.78, 5) is 18.2. The molecular formula is C16H22N4OS. The Morgan fingerprint density at radius 2 is 2.18 bits per heavy atom. The third kappa shape index (κ3) is 4.18. The number of hydrogen-bond acceptors (Lipinski definition) is 4. The van der Waals surface area contributed by atoms with Gasteiger partial charge in [-0.25, -0.2) is 0 Å². The van der Waals surface area contributed by atoms with Crippen LogP contribution in [0.1, 0.15) is 17.7 Å². The van der Waals surface area contributed by atoms with Gasteiger partial charge in [-0.2, -0.15) is 5.10 Å². The van der Waals surface area contributed by atoms with Crippen molar-refractivity contribution in [1.29, 1.82) is 0 Å². The number of carbonyl (C=O) groups excluding carboxylic acids is 1. The van der Waals surface area contributed by atoms with Crippen molar-refractivity contribution >= 4 is 17.2 Å². The maximum atomic E-state index is 12.3. The highest BCUT2D eigenvalue weighted by Gasteiger charge is 2.19. The second kappa shape index (κ2) is 7.56. The minimum absolute atomic E-state index is 0.244. The van der Waals surface area contributed by atoms with E-state index in [0.29, 0.717) is 13.0 Å². The van der Waals surface area contributed by atoms with Gasteiger partial charge in [-0.3, -0.25) is 14.4 Å². The van der Waals surface area contributed by atoms with Crippen molar-refractivity contribution in [2.75, 3.05) is 26.2 Å². The van der Waals surface area contributed by atoms with Crippen LogP contribution in [-0.2, 0) is 17.9 Å². The van der Waals surface area contributed by atoms with E-state index in [2.05, 4.69) is 27.5 Å². The molecule has 1 amide bonds. The van der Waals surface area contributed by atoms with Gasteiger partial charge in [0.05, 0.1) is 0 Å². The maximum absolute atomic E-state index is 12.3. The molecule has 0 atom stereocenters. The van der Waals surface area contributed by atoms with Crippen molar-refractivity contribution in [3.63, 3.8) is 0 Å². The lowest BCUT2D eigenvalue weighted by Crippen LogP contribution is -2.35. The van der Waals surface area contributed by atoms with Crippen LogP contribution in [-0.4, -0.2) is 51.7 Å². The van der Waals surface area contributed by atoms with Crippen molar-refractivity contribution in [3.8, 4) is 0 Å². The van der Waals surface area contributed by atoms with E-state index in [1.165, 1.54) is 4.88 Å². The summed E-state index contributed by atoms with van der Waals surface area (Å²) >= 11 is 1.81. The van der Waals surface area contributed by atoms with E-state index >= 15 is 0 Å². The summed E-state index contributed by atoms with van der Waals surface area (Å²) < 4.78 is 1.82. The molecule has 5 nitrogen and oxygen atoms in total. The zero-order chi connectivity index (χ0) is 15.2. The third-order valence-electron chi connectivity index (χ3n) is 4.01. The van der Waals surface area contributed by atoms with Gasteiger partial charge < -0.3 is 4.90 Å². The molecule has 1 aliphatic heterocycles. The first-order valence-electron chi connectivity index (χ1n) is 7.81. The molecule has 0 bridgehead atoms. The lowest BCUT2D eigenvalue weighted by atomic mass is 10.3. The van der Waals surface area contributed by atoms with Gasteiger partial charge in [-0.05, 0) is 23.9 Å². The summed E-state index contributed by atoms with van der Waals surface area (Å²) in [5.74, 6) is 0.244. The maximum Gasteiger partial charge on any atom is 0.224 e. The van der Waals surface area contributed by atoms with Gasteiger partial charge in [0.1, 0.15) is 0 Å². The monoisotopic (exact) mass is 318 g/mol. The Balaban J connectivity index is 1.46. The summed E-state index contributed by atoms with van der Waals surface area (Å²) in [6.07, 6.45) is 5.24. The molecule has 118 valence electrons. The van der Waals surface area contributed by atoms with Gasteiger partial charge in [-0.1, -0.05) is 6.07 Å². The molecule has 0 unspecified atom stereocenters. The Morgan fingerprint density at radius 1 is 1.23 bits per heavy atom. The summed E-state index contributed by atoms with van der Waals surface area (Å²) in [5, 5.41) is 6.27. The van der Waals surface area contributed by atoms with Crippen LogP contribution in [0.2, 0.25) is 0 Å². The SMILES string of the molecule is O=C(CCn1cccn1)N1CCCN(Cc2cccs2)CC1. The molecule has 0 N–H and O–H groups in total. The average Bonchev–Trinajstić information content (AvgIpc) is 3.16. The summed E-state index contributed by atoms with van der Waals surface area (Å²) in [5.41, 5.74) is 0. The van der Waals surface area contributed by atoms with E-state index in [9.17, 15) is 4.79 Å². The van der Waals surface area contributed by atoms with Crippen LogP contribution in [0.3, 0.4) is 0 Å². The number of nitrogens with zero attached hydrogens (tertiary/aromatic N) is 4. The van der Waals surface area contributed by atoms with Crippen LogP contribution < -0.4 is 0 Å². The highest BCUT2D eigenvalue weighted by molar-refractivity contribution is 7.09. The topological polar surface area (TPSA) is 41.4 Å². The normalized spacial score (nSPS) is 16.6.